The van der Waals surface area contributed by atoms with Crippen LogP contribution in [0.5, 0.6) is 0 Å². The van der Waals surface area contributed by atoms with E-state index in [2.05, 4.69) is 0 Å². The topological polar surface area (TPSA) is 57.6 Å². The van der Waals surface area contributed by atoms with E-state index >= 15 is 0 Å². The molecular formula is C16H16F3NO3S. The number of halogens is 3. The second-order valence-corrected chi connectivity index (χ2v) is 7.45. The maximum atomic E-state index is 12.5. The summed E-state index contributed by atoms with van der Waals surface area (Å²) in [5.74, 6) is -1.23. The van der Waals surface area contributed by atoms with Gasteiger partial charge in [-0.05, 0) is 54.8 Å². The van der Waals surface area contributed by atoms with Gasteiger partial charge in [-0.15, -0.1) is 0 Å². The number of carbonyl (C=O) groups is 2. The number of alkyl halides is 3. The van der Waals surface area contributed by atoms with Gasteiger partial charge in [0.1, 0.15) is 0 Å². The maximum Gasteiger partial charge on any atom is 0.446 e. The van der Waals surface area contributed by atoms with Crippen molar-refractivity contribution in [1.29, 1.82) is 0 Å². The average molecular weight is 359 g/mol. The molecule has 2 fully saturated rings. The molecule has 8 heteroatoms. The fourth-order valence-corrected chi connectivity index (χ4v) is 4.31. The van der Waals surface area contributed by atoms with Gasteiger partial charge in [-0.25, -0.2) is 0 Å². The number of hydrogen-bond acceptors (Lipinski definition) is 3. The minimum Gasteiger partial charge on any atom is -0.481 e. The van der Waals surface area contributed by atoms with Gasteiger partial charge >= 0.3 is 11.5 Å². The lowest BCUT2D eigenvalue weighted by Crippen LogP contribution is -2.37. The molecule has 0 radical (unpaired) electrons. The van der Waals surface area contributed by atoms with Gasteiger partial charge in [0.05, 0.1) is 5.41 Å². The highest BCUT2D eigenvalue weighted by molar-refractivity contribution is 8.00. The number of likely N-dealkylation sites (tertiary alicyclic amines) is 1. The third-order valence-corrected chi connectivity index (χ3v) is 5.66. The van der Waals surface area contributed by atoms with Gasteiger partial charge in [-0.1, -0.05) is 6.42 Å². The van der Waals surface area contributed by atoms with Crippen LogP contribution in [0.1, 0.15) is 29.6 Å². The van der Waals surface area contributed by atoms with Crippen LogP contribution in [-0.2, 0) is 4.79 Å². The monoisotopic (exact) mass is 359 g/mol. The Morgan fingerprint density at radius 3 is 2.46 bits per heavy atom. The summed E-state index contributed by atoms with van der Waals surface area (Å²) in [4.78, 5) is 25.7. The van der Waals surface area contributed by atoms with Gasteiger partial charge in [0.2, 0.25) is 0 Å². The molecule has 0 bridgehead atoms. The van der Waals surface area contributed by atoms with E-state index in [1.807, 2.05) is 0 Å². The number of aliphatic carboxylic acids is 1. The van der Waals surface area contributed by atoms with Gasteiger partial charge in [0.15, 0.2) is 0 Å². The number of benzene rings is 1. The number of hydrogen-bond donors (Lipinski definition) is 1. The molecule has 24 heavy (non-hydrogen) atoms. The highest BCUT2D eigenvalue weighted by Crippen LogP contribution is 2.49. The second-order valence-electron chi connectivity index (χ2n) is 6.31. The fraction of sp³-hybridized carbons (Fsp3) is 0.500. The first-order valence-electron chi connectivity index (χ1n) is 7.60. The van der Waals surface area contributed by atoms with Crippen LogP contribution in [-0.4, -0.2) is 40.5 Å². The predicted molar refractivity (Wildman–Crippen MR) is 81.7 cm³/mol. The Morgan fingerprint density at radius 1 is 1.25 bits per heavy atom. The van der Waals surface area contributed by atoms with E-state index in [0.717, 1.165) is 12.8 Å². The molecule has 1 amide bonds. The molecule has 1 heterocycles. The molecule has 0 aromatic heterocycles. The first kappa shape index (κ1) is 17.1. The minimum absolute atomic E-state index is 0.0133. The lowest BCUT2D eigenvalue weighted by Gasteiger charge is -2.23. The summed E-state index contributed by atoms with van der Waals surface area (Å²) in [5, 5.41) is 9.54. The molecule has 1 saturated heterocycles. The van der Waals surface area contributed by atoms with Crippen molar-refractivity contribution in [3.63, 3.8) is 0 Å². The molecule has 1 aromatic carbocycles. The molecule has 1 aliphatic carbocycles. The molecule has 0 spiro atoms. The third-order valence-electron chi connectivity index (χ3n) is 4.92. The lowest BCUT2D eigenvalue weighted by atomic mass is 9.81. The Hall–Kier alpha value is -1.70. The summed E-state index contributed by atoms with van der Waals surface area (Å²) in [7, 11) is 0. The quantitative estimate of drug-likeness (QED) is 0.838. The molecule has 1 aliphatic heterocycles. The Kier molecular flexibility index (Phi) is 4.27. The van der Waals surface area contributed by atoms with Crippen molar-refractivity contribution >= 4 is 23.6 Å². The Morgan fingerprint density at radius 2 is 1.92 bits per heavy atom. The largest absolute Gasteiger partial charge is 0.481 e. The first-order chi connectivity index (χ1) is 11.2. The van der Waals surface area contributed by atoms with Crippen molar-refractivity contribution in [2.75, 3.05) is 13.1 Å². The molecule has 2 aliphatic rings. The molecule has 4 nitrogen and oxygen atoms in total. The van der Waals surface area contributed by atoms with Gasteiger partial charge in [0, 0.05) is 23.5 Å². The van der Waals surface area contributed by atoms with E-state index in [0.29, 0.717) is 13.0 Å². The predicted octanol–water partition coefficient (Wildman–Crippen LogP) is 3.63. The van der Waals surface area contributed by atoms with E-state index in [1.165, 1.54) is 29.2 Å². The van der Waals surface area contributed by atoms with Crippen LogP contribution < -0.4 is 0 Å². The Bertz CT molecular complexity index is 662. The maximum absolute atomic E-state index is 12.5. The first-order valence-corrected chi connectivity index (χ1v) is 8.41. The van der Waals surface area contributed by atoms with Crippen LogP contribution in [0.15, 0.2) is 29.2 Å². The molecule has 130 valence electrons. The van der Waals surface area contributed by atoms with E-state index in [4.69, 9.17) is 0 Å². The molecule has 0 unspecified atom stereocenters. The van der Waals surface area contributed by atoms with Crippen molar-refractivity contribution in [3.8, 4) is 0 Å². The van der Waals surface area contributed by atoms with E-state index < -0.39 is 16.9 Å². The van der Waals surface area contributed by atoms with Crippen LogP contribution >= 0.6 is 11.8 Å². The number of carboxylic acids is 1. The highest BCUT2D eigenvalue weighted by Gasteiger charge is 2.55. The number of fused-ring (bicyclic) bond motifs is 1. The molecule has 1 N–H and O–H groups in total. The zero-order valence-electron chi connectivity index (χ0n) is 12.7. The molecule has 1 aromatic rings. The van der Waals surface area contributed by atoms with Crippen molar-refractivity contribution < 1.29 is 27.9 Å². The smallest absolute Gasteiger partial charge is 0.446 e. The highest BCUT2D eigenvalue weighted by atomic mass is 32.2. The second kappa shape index (κ2) is 5.98. The SMILES string of the molecule is O=C(c1ccc(SC(F)(F)F)cc1)N1C[C@@H]2CCC[C@@]2(C(=O)O)C1. The average Bonchev–Trinajstić information content (AvgIpc) is 3.03. The van der Waals surface area contributed by atoms with Crippen molar-refractivity contribution in [2.24, 2.45) is 11.3 Å². The zero-order chi connectivity index (χ0) is 17.5. The molecule has 1 saturated carbocycles. The molecular weight excluding hydrogens is 343 g/mol. The van der Waals surface area contributed by atoms with Crippen molar-refractivity contribution in [3.05, 3.63) is 29.8 Å². The number of carboxylic acid groups (broad SMARTS) is 1. The number of amides is 1. The minimum atomic E-state index is -4.37. The third kappa shape index (κ3) is 3.11. The molecule has 2 atom stereocenters. The Labute approximate surface area is 141 Å². The van der Waals surface area contributed by atoms with Gasteiger partial charge < -0.3 is 10.0 Å². The van der Waals surface area contributed by atoms with Crippen LogP contribution in [0.3, 0.4) is 0 Å². The summed E-state index contributed by atoms with van der Waals surface area (Å²) in [6, 6.07) is 5.24. The number of rotatable bonds is 3. The summed E-state index contributed by atoms with van der Waals surface area (Å²) >= 11 is -0.232. The number of nitrogens with zero attached hydrogens (tertiary/aromatic N) is 1. The van der Waals surface area contributed by atoms with Crippen molar-refractivity contribution in [2.45, 2.75) is 29.7 Å². The summed E-state index contributed by atoms with van der Waals surface area (Å²) in [6.45, 7) is 0.565. The van der Waals surface area contributed by atoms with Gasteiger partial charge in [0.25, 0.3) is 5.91 Å². The van der Waals surface area contributed by atoms with Crippen molar-refractivity contribution in [1.82, 2.24) is 4.90 Å². The number of thioether (sulfide) groups is 1. The van der Waals surface area contributed by atoms with E-state index in [-0.39, 0.29) is 40.6 Å². The summed E-state index contributed by atoms with van der Waals surface area (Å²) in [5.41, 5.74) is -4.95. The van der Waals surface area contributed by atoms with Crippen LogP contribution in [0.25, 0.3) is 0 Å². The van der Waals surface area contributed by atoms with Crippen LogP contribution in [0.4, 0.5) is 13.2 Å². The Balaban J connectivity index is 1.73. The lowest BCUT2D eigenvalue weighted by molar-refractivity contribution is -0.149. The van der Waals surface area contributed by atoms with Gasteiger partial charge in [-0.3, -0.25) is 9.59 Å². The zero-order valence-corrected chi connectivity index (χ0v) is 13.5. The normalized spacial score (nSPS) is 26.5. The number of carbonyl (C=O) groups excluding carboxylic acids is 1. The van der Waals surface area contributed by atoms with E-state index in [1.54, 1.807) is 0 Å². The summed E-state index contributed by atoms with van der Waals surface area (Å²) < 4.78 is 37.0. The fourth-order valence-electron chi connectivity index (χ4n) is 3.78. The van der Waals surface area contributed by atoms with Gasteiger partial charge in [-0.2, -0.15) is 13.2 Å². The van der Waals surface area contributed by atoms with E-state index in [9.17, 15) is 27.9 Å². The standard InChI is InChI=1S/C16H16F3NO3S/c17-16(18,19)24-12-5-3-10(4-6-12)13(21)20-8-11-2-1-7-15(11,9-20)14(22)23/h3-6,11H,1-2,7-9H2,(H,22,23)/t11-,15+/m0/s1. The summed E-state index contributed by atoms with van der Waals surface area (Å²) in [6.07, 6.45) is 2.21. The van der Waals surface area contributed by atoms with Crippen LogP contribution in [0, 0.1) is 11.3 Å². The molecule has 3 rings (SSSR count). The van der Waals surface area contributed by atoms with Crippen LogP contribution in [0.2, 0.25) is 0 Å².